The van der Waals surface area contributed by atoms with Gasteiger partial charge in [-0.15, -0.1) is 0 Å². The number of nitrogens with one attached hydrogen (secondary N) is 1. The largest absolute Gasteiger partial charge is 0.454 e. The average molecular weight is 458 g/mol. The number of hydrogen-bond donors (Lipinski definition) is 1. The molecule has 4 nitrogen and oxygen atoms in total. The topological polar surface area (TPSA) is 47.6 Å². The van der Waals surface area contributed by atoms with Gasteiger partial charge >= 0.3 is 0 Å². The minimum absolute atomic E-state index is 0.129. The summed E-state index contributed by atoms with van der Waals surface area (Å²) in [6.45, 7) is 4.90. The first-order valence-electron chi connectivity index (χ1n) is 7.50. The monoisotopic (exact) mass is 457 g/mol. The molecule has 0 saturated carbocycles. The fourth-order valence-electron chi connectivity index (χ4n) is 2.49. The van der Waals surface area contributed by atoms with Crippen molar-refractivity contribution in [2.75, 3.05) is 13.3 Å². The maximum atomic E-state index is 12.5. The maximum Gasteiger partial charge on any atom is 0.252 e. The van der Waals surface area contributed by atoms with E-state index in [4.69, 9.17) is 21.1 Å². The fourth-order valence-corrected chi connectivity index (χ4v) is 3.24. The van der Waals surface area contributed by atoms with Crippen LogP contribution >= 0.6 is 34.2 Å². The second kappa shape index (κ2) is 6.80. The molecule has 0 unspecified atom stereocenters. The Kier molecular flexibility index (Phi) is 4.92. The summed E-state index contributed by atoms with van der Waals surface area (Å²) >= 11 is 8.13. The van der Waals surface area contributed by atoms with E-state index in [2.05, 4.69) is 41.8 Å². The lowest BCUT2D eigenvalue weighted by Gasteiger charge is -2.26. The van der Waals surface area contributed by atoms with Gasteiger partial charge in [-0.05, 0) is 58.5 Å². The molecule has 1 N–H and O–H groups in total. The first-order chi connectivity index (χ1) is 11.4. The van der Waals surface area contributed by atoms with Crippen LogP contribution in [-0.2, 0) is 5.41 Å². The van der Waals surface area contributed by atoms with E-state index < -0.39 is 0 Å². The summed E-state index contributed by atoms with van der Waals surface area (Å²) in [6, 6.07) is 11.2. The SMILES string of the molecule is CC(C)(CNC(=O)c1cc(Cl)ccc1I)c1ccc2c(c1)OCO2. The van der Waals surface area contributed by atoms with Gasteiger partial charge in [0.1, 0.15) is 0 Å². The summed E-state index contributed by atoms with van der Waals surface area (Å²) in [6.07, 6.45) is 0. The van der Waals surface area contributed by atoms with Crippen molar-refractivity contribution in [3.05, 3.63) is 56.1 Å². The molecule has 3 rings (SSSR count). The molecule has 1 heterocycles. The van der Waals surface area contributed by atoms with E-state index >= 15 is 0 Å². The number of fused-ring (bicyclic) bond motifs is 1. The molecular weight excluding hydrogens is 441 g/mol. The molecular formula is C18H17ClINO3. The van der Waals surface area contributed by atoms with Crippen molar-refractivity contribution in [2.45, 2.75) is 19.3 Å². The van der Waals surface area contributed by atoms with Gasteiger partial charge in [0, 0.05) is 20.6 Å². The van der Waals surface area contributed by atoms with Crippen LogP contribution in [0.3, 0.4) is 0 Å². The zero-order chi connectivity index (χ0) is 17.3. The Morgan fingerprint density at radius 2 is 1.96 bits per heavy atom. The van der Waals surface area contributed by atoms with Crippen LogP contribution in [-0.4, -0.2) is 19.2 Å². The number of amides is 1. The Hall–Kier alpha value is -1.47. The Morgan fingerprint density at radius 3 is 2.75 bits per heavy atom. The number of ether oxygens (including phenoxy) is 2. The zero-order valence-corrected chi connectivity index (χ0v) is 16.3. The van der Waals surface area contributed by atoms with Crippen LogP contribution in [0.15, 0.2) is 36.4 Å². The molecule has 2 aromatic rings. The van der Waals surface area contributed by atoms with Gasteiger partial charge in [0.15, 0.2) is 11.5 Å². The highest BCUT2D eigenvalue weighted by Crippen LogP contribution is 2.36. The Labute approximate surface area is 159 Å². The smallest absolute Gasteiger partial charge is 0.252 e. The summed E-state index contributed by atoms with van der Waals surface area (Å²) in [5.41, 5.74) is 1.41. The number of carbonyl (C=O) groups excluding carboxylic acids is 1. The van der Waals surface area contributed by atoms with Crippen LogP contribution in [0.2, 0.25) is 5.02 Å². The molecule has 0 aliphatic carbocycles. The van der Waals surface area contributed by atoms with E-state index in [1.54, 1.807) is 12.1 Å². The second-order valence-electron chi connectivity index (χ2n) is 6.26. The number of rotatable bonds is 4. The van der Waals surface area contributed by atoms with E-state index in [0.29, 0.717) is 17.1 Å². The molecule has 1 amide bonds. The molecule has 0 atom stereocenters. The lowest BCUT2D eigenvalue weighted by Crippen LogP contribution is -2.37. The van der Waals surface area contributed by atoms with Gasteiger partial charge in [-0.2, -0.15) is 0 Å². The normalized spacial score (nSPS) is 13.0. The van der Waals surface area contributed by atoms with Crippen molar-refractivity contribution in [3.8, 4) is 11.5 Å². The standard InChI is InChI=1S/C18H17ClINO3/c1-18(2,11-3-6-15-16(7-11)24-10-23-15)9-21-17(22)13-8-12(19)4-5-14(13)20/h3-8H,9-10H2,1-2H3,(H,21,22). The van der Waals surface area contributed by atoms with Gasteiger partial charge in [0.05, 0.1) is 5.56 Å². The molecule has 1 aliphatic rings. The lowest BCUT2D eigenvalue weighted by molar-refractivity contribution is 0.0945. The Bertz CT molecular complexity index is 792. The van der Waals surface area contributed by atoms with Crippen molar-refractivity contribution < 1.29 is 14.3 Å². The highest BCUT2D eigenvalue weighted by molar-refractivity contribution is 14.1. The number of benzene rings is 2. The van der Waals surface area contributed by atoms with E-state index in [9.17, 15) is 4.79 Å². The summed E-state index contributed by atoms with van der Waals surface area (Å²) in [5, 5.41) is 3.55. The average Bonchev–Trinajstić information content (AvgIpc) is 3.02. The molecule has 6 heteroatoms. The van der Waals surface area contributed by atoms with Gasteiger partial charge in [0.2, 0.25) is 6.79 Å². The van der Waals surface area contributed by atoms with E-state index in [1.807, 2.05) is 24.3 Å². The van der Waals surface area contributed by atoms with Crippen LogP contribution in [0.4, 0.5) is 0 Å². The van der Waals surface area contributed by atoms with Crippen LogP contribution in [0.5, 0.6) is 11.5 Å². The third-order valence-corrected chi connectivity index (χ3v) is 5.19. The summed E-state index contributed by atoms with van der Waals surface area (Å²) < 4.78 is 11.6. The van der Waals surface area contributed by atoms with Crippen molar-refractivity contribution in [3.63, 3.8) is 0 Å². The van der Waals surface area contributed by atoms with Gasteiger partial charge in [0.25, 0.3) is 5.91 Å². The lowest BCUT2D eigenvalue weighted by atomic mass is 9.84. The summed E-state index contributed by atoms with van der Waals surface area (Å²) in [4.78, 5) is 12.5. The number of carbonyl (C=O) groups is 1. The Balaban J connectivity index is 1.73. The highest BCUT2D eigenvalue weighted by Gasteiger charge is 2.25. The van der Waals surface area contributed by atoms with Gasteiger partial charge in [-0.25, -0.2) is 0 Å². The minimum atomic E-state index is -0.249. The van der Waals surface area contributed by atoms with Crippen molar-refractivity contribution in [1.29, 1.82) is 0 Å². The quantitative estimate of drug-likeness (QED) is 0.693. The fraction of sp³-hybridized carbons (Fsp3) is 0.278. The molecule has 0 fully saturated rings. The third-order valence-electron chi connectivity index (χ3n) is 4.02. The van der Waals surface area contributed by atoms with E-state index in [-0.39, 0.29) is 18.1 Å². The van der Waals surface area contributed by atoms with Crippen molar-refractivity contribution in [1.82, 2.24) is 5.32 Å². The molecule has 126 valence electrons. The molecule has 24 heavy (non-hydrogen) atoms. The minimum Gasteiger partial charge on any atom is -0.454 e. The van der Waals surface area contributed by atoms with Gasteiger partial charge < -0.3 is 14.8 Å². The first kappa shape index (κ1) is 17.4. The van der Waals surface area contributed by atoms with E-state index in [1.165, 1.54) is 0 Å². The van der Waals surface area contributed by atoms with Crippen LogP contribution in [0, 0.1) is 3.57 Å². The van der Waals surface area contributed by atoms with Crippen LogP contribution in [0.1, 0.15) is 29.8 Å². The molecule has 0 radical (unpaired) electrons. The summed E-state index contributed by atoms with van der Waals surface area (Å²) in [5.74, 6) is 1.37. The third kappa shape index (κ3) is 3.62. The molecule has 2 aromatic carbocycles. The number of hydrogen-bond acceptors (Lipinski definition) is 3. The zero-order valence-electron chi connectivity index (χ0n) is 13.4. The molecule has 0 spiro atoms. The van der Waals surface area contributed by atoms with E-state index in [0.717, 1.165) is 20.6 Å². The predicted octanol–water partition coefficient (Wildman–Crippen LogP) is 4.38. The van der Waals surface area contributed by atoms with Gasteiger partial charge in [-0.1, -0.05) is 31.5 Å². The Morgan fingerprint density at radius 1 is 1.21 bits per heavy atom. The predicted molar refractivity (Wildman–Crippen MR) is 102 cm³/mol. The molecule has 0 aromatic heterocycles. The first-order valence-corrected chi connectivity index (χ1v) is 8.96. The van der Waals surface area contributed by atoms with Crippen molar-refractivity contribution >= 4 is 40.1 Å². The van der Waals surface area contributed by atoms with Gasteiger partial charge in [-0.3, -0.25) is 4.79 Å². The summed E-state index contributed by atoms with van der Waals surface area (Å²) in [7, 11) is 0. The molecule has 1 aliphatic heterocycles. The maximum absolute atomic E-state index is 12.5. The molecule has 0 bridgehead atoms. The second-order valence-corrected chi connectivity index (χ2v) is 7.86. The van der Waals surface area contributed by atoms with Crippen LogP contribution < -0.4 is 14.8 Å². The molecule has 0 saturated heterocycles. The highest BCUT2D eigenvalue weighted by atomic mass is 127. The number of halogens is 2. The van der Waals surface area contributed by atoms with Crippen molar-refractivity contribution in [2.24, 2.45) is 0 Å². The van der Waals surface area contributed by atoms with Crippen LogP contribution in [0.25, 0.3) is 0 Å².